The molecule has 1 rings (SSSR count). The first-order valence-corrected chi connectivity index (χ1v) is 6.85. The Morgan fingerprint density at radius 2 is 1.50 bits per heavy atom. The van der Waals surface area contributed by atoms with E-state index in [9.17, 15) is 4.79 Å². The summed E-state index contributed by atoms with van der Waals surface area (Å²) in [5.74, 6) is 0.0833. The molecule has 0 fully saturated rings. The second kappa shape index (κ2) is 21.0. The minimum Gasteiger partial charge on any atom is -0.668 e. The van der Waals surface area contributed by atoms with Crippen LogP contribution in [0.3, 0.4) is 0 Å². The molecular weight excluding hydrogens is 327 g/mol. The number of amides is 1. The number of carbonyl (C=O) groups is 1. The van der Waals surface area contributed by atoms with Gasteiger partial charge in [-0.05, 0) is 11.8 Å². The number of rotatable bonds is 3. The quantitative estimate of drug-likeness (QED) is 0.487. The average molecular weight is 358 g/mol. The summed E-state index contributed by atoms with van der Waals surface area (Å²) < 4.78 is 0. The average Bonchev–Trinajstić information content (AvgIpc) is 2.91. The summed E-state index contributed by atoms with van der Waals surface area (Å²) in [6.07, 6.45) is 10.0. The molecule has 1 amide bonds. The van der Waals surface area contributed by atoms with Gasteiger partial charge in [0.1, 0.15) is 0 Å². The molecule has 1 radical (unpaired) electrons. The van der Waals surface area contributed by atoms with Crippen LogP contribution in [0, 0.1) is 37.7 Å². The first-order chi connectivity index (χ1) is 8.96. The Bertz CT molecular complexity index is 227. The van der Waals surface area contributed by atoms with Crippen LogP contribution >= 0.6 is 0 Å². The summed E-state index contributed by atoms with van der Waals surface area (Å²) >= 11 is 0. The van der Waals surface area contributed by atoms with E-state index in [1.165, 1.54) is 0 Å². The predicted octanol–water partition coefficient (Wildman–Crippen LogP) is 5.48. The third-order valence-electron chi connectivity index (χ3n) is 2.33. The largest absolute Gasteiger partial charge is 0.668 e. The van der Waals surface area contributed by atoms with E-state index in [1.807, 2.05) is 39.8 Å². The normalized spacial score (nSPS) is 10.8. The van der Waals surface area contributed by atoms with Crippen LogP contribution in [0.1, 0.15) is 48.0 Å². The third kappa shape index (κ3) is 17.7. The molecule has 0 unspecified atom stereocenters. The molecule has 119 valence electrons. The summed E-state index contributed by atoms with van der Waals surface area (Å²) in [6.45, 7) is 17.9. The molecule has 20 heavy (non-hydrogen) atoms. The molecule has 0 atom stereocenters. The molecule has 1 N–H and O–H groups in total. The predicted molar refractivity (Wildman–Crippen MR) is 86.1 cm³/mol. The fourth-order valence-corrected chi connectivity index (χ4v) is 1.72. The van der Waals surface area contributed by atoms with Crippen molar-refractivity contribution in [3.63, 3.8) is 0 Å². The maximum atomic E-state index is 10.7. The van der Waals surface area contributed by atoms with Crippen LogP contribution in [0.2, 0.25) is 0 Å². The van der Waals surface area contributed by atoms with Crippen LogP contribution in [0.15, 0.2) is 18.2 Å². The number of carbonyl (C=O) groups excluding carboxylic acids is 1. The number of allylic oxidation sites excluding steroid dienone is 4. The topological polar surface area (TPSA) is 40.9 Å². The van der Waals surface area contributed by atoms with Crippen molar-refractivity contribution in [2.75, 3.05) is 0 Å². The summed E-state index contributed by atoms with van der Waals surface area (Å²) in [5.41, 5.74) is 6.96. The van der Waals surface area contributed by atoms with Crippen LogP contribution < -0.4 is 0 Å². The summed E-state index contributed by atoms with van der Waals surface area (Å²) in [5, 5.41) is 0. The molecule has 0 saturated heterocycles. The molecule has 0 spiro atoms. The van der Waals surface area contributed by atoms with Crippen LogP contribution in [-0.2, 0) is 27.2 Å². The van der Waals surface area contributed by atoms with Crippen molar-refractivity contribution in [3.05, 3.63) is 43.9 Å². The molecule has 3 heteroatoms. The maximum Gasteiger partial charge on any atom is 0.0524 e. The molecule has 1 aliphatic rings. The minimum atomic E-state index is -0.426. The van der Waals surface area contributed by atoms with Gasteiger partial charge in [0.15, 0.2) is 0 Å². The van der Waals surface area contributed by atoms with Gasteiger partial charge in [-0.1, -0.05) is 27.7 Å². The van der Waals surface area contributed by atoms with Crippen molar-refractivity contribution in [1.29, 1.82) is 0 Å². The standard InChI is InChI=1S/C8H17NO.C5H5.2C2H5.Nb/c1-5(2)7(6(3)4)8(9)10;1-2-4-5-3-1;2*1-2;/h5-7H,1-4H3,(H2,9,10);1-3H,4H2;2*1H2,2H3;/q;3*-1;/p-1. The molecule has 0 aromatic rings. The van der Waals surface area contributed by atoms with Gasteiger partial charge in [0.25, 0.3) is 0 Å². The second-order valence-electron chi connectivity index (χ2n) is 4.38. The van der Waals surface area contributed by atoms with Crippen LogP contribution in [-0.4, -0.2) is 5.91 Å². The van der Waals surface area contributed by atoms with Crippen molar-refractivity contribution in [2.45, 2.75) is 48.0 Å². The zero-order valence-corrected chi connectivity index (χ0v) is 16.1. The van der Waals surface area contributed by atoms with E-state index in [4.69, 9.17) is 5.73 Å². The van der Waals surface area contributed by atoms with Crippen molar-refractivity contribution >= 4 is 5.91 Å². The van der Waals surface area contributed by atoms with E-state index >= 15 is 0 Å². The van der Waals surface area contributed by atoms with Gasteiger partial charge in [0.05, 0.1) is 5.91 Å². The monoisotopic (exact) mass is 358 g/mol. The Hall–Kier alpha value is -0.310. The molecule has 1 aliphatic carbocycles. The molecule has 0 saturated carbocycles. The Balaban J connectivity index is -0.000000108. The Morgan fingerprint density at radius 1 is 1.10 bits per heavy atom. The molecule has 0 aliphatic heterocycles. The summed E-state index contributed by atoms with van der Waals surface area (Å²) in [6, 6.07) is 0. The summed E-state index contributed by atoms with van der Waals surface area (Å²) in [7, 11) is 0. The molecule has 0 heterocycles. The SMILES string of the molecule is CC(C)C(C([NH-])=O)C(C)C.[C-]1=CC=CC1.[CH2-]C.[CH2-]C.[Nb]. The molecule has 2 nitrogen and oxygen atoms in total. The van der Waals surface area contributed by atoms with Gasteiger partial charge in [-0.3, -0.25) is 6.08 Å². The summed E-state index contributed by atoms with van der Waals surface area (Å²) in [4.78, 5) is 10.7. The van der Waals surface area contributed by atoms with Gasteiger partial charge in [-0.15, -0.1) is 6.42 Å². The zero-order chi connectivity index (χ0) is 15.8. The molecule has 0 bridgehead atoms. The van der Waals surface area contributed by atoms with Crippen molar-refractivity contribution in [2.24, 2.45) is 17.8 Å². The van der Waals surface area contributed by atoms with Gasteiger partial charge in [-0.25, -0.2) is 12.2 Å². The molecule has 0 aromatic heterocycles. The van der Waals surface area contributed by atoms with Gasteiger partial charge < -0.3 is 24.4 Å². The van der Waals surface area contributed by atoms with E-state index in [0.29, 0.717) is 11.8 Å². The first-order valence-electron chi connectivity index (χ1n) is 6.85. The molecular formula is C17H31NNbO-4. The Labute approximate surface area is 142 Å². The van der Waals surface area contributed by atoms with E-state index in [0.717, 1.165) is 6.42 Å². The van der Waals surface area contributed by atoms with Crippen molar-refractivity contribution in [3.8, 4) is 0 Å². The Kier molecular flexibility index (Phi) is 29.3. The van der Waals surface area contributed by atoms with E-state index < -0.39 is 5.91 Å². The van der Waals surface area contributed by atoms with Gasteiger partial charge in [0.2, 0.25) is 0 Å². The number of hydrogen-bond donors (Lipinski definition) is 0. The fraction of sp³-hybridized carbons (Fsp3) is 0.588. The second-order valence-corrected chi connectivity index (χ2v) is 4.38. The van der Waals surface area contributed by atoms with Crippen molar-refractivity contribution < 1.29 is 27.2 Å². The third-order valence-corrected chi connectivity index (χ3v) is 2.33. The van der Waals surface area contributed by atoms with Crippen LogP contribution in [0.4, 0.5) is 0 Å². The van der Waals surface area contributed by atoms with E-state index in [2.05, 4.69) is 26.0 Å². The smallest absolute Gasteiger partial charge is 0.0524 e. The van der Waals surface area contributed by atoms with Gasteiger partial charge in [0, 0.05) is 28.3 Å². The number of hydrogen-bond acceptors (Lipinski definition) is 1. The van der Waals surface area contributed by atoms with Crippen LogP contribution in [0.5, 0.6) is 0 Å². The number of nitrogens with one attached hydrogen (secondary N) is 1. The van der Waals surface area contributed by atoms with Gasteiger partial charge >= 0.3 is 0 Å². The van der Waals surface area contributed by atoms with E-state index in [1.54, 1.807) is 13.8 Å². The van der Waals surface area contributed by atoms with Crippen LogP contribution in [0.25, 0.3) is 5.73 Å². The van der Waals surface area contributed by atoms with E-state index in [-0.39, 0.29) is 28.3 Å². The maximum absolute atomic E-state index is 10.7. The minimum absolute atomic E-state index is 0. The first kappa shape index (κ1) is 27.9. The zero-order valence-electron chi connectivity index (χ0n) is 13.9. The molecule has 0 aromatic carbocycles. The van der Waals surface area contributed by atoms with Crippen molar-refractivity contribution in [1.82, 2.24) is 0 Å². The Morgan fingerprint density at radius 3 is 1.55 bits per heavy atom. The van der Waals surface area contributed by atoms with Gasteiger partial charge in [-0.2, -0.15) is 19.9 Å². The fourth-order valence-electron chi connectivity index (χ4n) is 1.72.